The summed E-state index contributed by atoms with van der Waals surface area (Å²) in [5.41, 5.74) is 6.31. The molecular formula is C12H27N3. The largest absolute Gasteiger partial charge is 0.326 e. The molecule has 0 aromatic rings. The molecule has 0 bridgehead atoms. The highest BCUT2D eigenvalue weighted by atomic mass is 15.3. The van der Waals surface area contributed by atoms with Crippen molar-refractivity contribution in [3.8, 4) is 0 Å². The number of rotatable bonds is 4. The van der Waals surface area contributed by atoms with Crippen LogP contribution in [0.3, 0.4) is 0 Å². The molecule has 3 unspecified atom stereocenters. The Labute approximate surface area is 94.6 Å². The SMILES string of the molecule is CCC(C)CC(N)C1CN(C)CCN1C. The third kappa shape index (κ3) is 3.74. The average Bonchev–Trinajstić information content (AvgIpc) is 2.21. The van der Waals surface area contributed by atoms with Gasteiger partial charge >= 0.3 is 0 Å². The molecule has 0 aliphatic carbocycles. The van der Waals surface area contributed by atoms with E-state index in [2.05, 4.69) is 37.7 Å². The van der Waals surface area contributed by atoms with Gasteiger partial charge < -0.3 is 10.6 Å². The maximum Gasteiger partial charge on any atom is 0.0371 e. The first-order chi connectivity index (χ1) is 7.04. The lowest BCUT2D eigenvalue weighted by atomic mass is 9.93. The third-order valence-electron chi connectivity index (χ3n) is 3.76. The summed E-state index contributed by atoms with van der Waals surface area (Å²) >= 11 is 0. The number of nitrogens with zero attached hydrogens (tertiary/aromatic N) is 2. The minimum absolute atomic E-state index is 0.327. The van der Waals surface area contributed by atoms with Gasteiger partial charge in [-0.25, -0.2) is 0 Å². The van der Waals surface area contributed by atoms with Crippen molar-refractivity contribution >= 4 is 0 Å². The zero-order valence-corrected chi connectivity index (χ0v) is 10.7. The van der Waals surface area contributed by atoms with E-state index < -0.39 is 0 Å². The molecule has 0 radical (unpaired) electrons. The lowest BCUT2D eigenvalue weighted by Crippen LogP contribution is -2.57. The zero-order chi connectivity index (χ0) is 11.4. The van der Waals surface area contributed by atoms with Gasteiger partial charge in [0.25, 0.3) is 0 Å². The van der Waals surface area contributed by atoms with Crippen molar-refractivity contribution in [1.29, 1.82) is 0 Å². The van der Waals surface area contributed by atoms with Gasteiger partial charge in [0.2, 0.25) is 0 Å². The Morgan fingerprint density at radius 3 is 2.60 bits per heavy atom. The van der Waals surface area contributed by atoms with Crippen LogP contribution in [-0.2, 0) is 0 Å². The summed E-state index contributed by atoms with van der Waals surface area (Å²) in [7, 11) is 4.39. The van der Waals surface area contributed by atoms with E-state index in [0.29, 0.717) is 12.1 Å². The fourth-order valence-electron chi connectivity index (χ4n) is 2.29. The number of likely N-dealkylation sites (N-methyl/N-ethyl adjacent to an activating group) is 2. The Morgan fingerprint density at radius 2 is 2.00 bits per heavy atom. The van der Waals surface area contributed by atoms with Crippen LogP contribution in [-0.4, -0.2) is 55.6 Å². The predicted octanol–water partition coefficient (Wildman–Crippen LogP) is 0.996. The molecule has 1 fully saturated rings. The van der Waals surface area contributed by atoms with Crippen LogP contribution in [0.1, 0.15) is 26.7 Å². The second-order valence-electron chi connectivity index (χ2n) is 5.22. The van der Waals surface area contributed by atoms with Crippen molar-refractivity contribution in [3.63, 3.8) is 0 Å². The highest BCUT2D eigenvalue weighted by molar-refractivity contribution is 4.87. The van der Waals surface area contributed by atoms with Gasteiger partial charge in [0, 0.05) is 31.7 Å². The van der Waals surface area contributed by atoms with Gasteiger partial charge in [0.1, 0.15) is 0 Å². The van der Waals surface area contributed by atoms with Crippen LogP contribution in [0.2, 0.25) is 0 Å². The Balaban J connectivity index is 2.45. The van der Waals surface area contributed by atoms with Crippen LogP contribution < -0.4 is 5.73 Å². The van der Waals surface area contributed by atoms with E-state index in [4.69, 9.17) is 5.73 Å². The maximum absolute atomic E-state index is 6.31. The zero-order valence-electron chi connectivity index (χ0n) is 10.7. The summed E-state index contributed by atoms with van der Waals surface area (Å²) < 4.78 is 0. The van der Waals surface area contributed by atoms with Gasteiger partial charge in [-0.15, -0.1) is 0 Å². The molecule has 3 nitrogen and oxygen atoms in total. The molecular weight excluding hydrogens is 186 g/mol. The van der Waals surface area contributed by atoms with Gasteiger partial charge in [0.15, 0.2) is 0 Å². The van der Waals surface area contributed by atoms with Crippen LogP contribution >= 0.6 is 0 Å². The smallest absolute Gasteiger partial charge is 0.0371 e. The standard InChI is InChI=1S/C12H27N3/c1-5-10(2)8-11(13)12-9-14(3)6-7-15(12)4/h10-12H,5-9,13H2,1-4H3. The van der Waals surface area contributed by atoms with E-state index in [1.165, 1.54) is 13.0 Å². The number of nitrogens with two attached hydrogens (primary N) is 1. The topological polar surface area (TPSA) is 32.5 Å². The third-order valence-corrected chi connectivity index (χ3v) is 3.76. The van der Waals surface area contributed by atoms with Crippen LogP contribution in [0.25, 0.3) is 0 Å². The monoisotopic (exact) mass is 213 g/mol. The van der Waals surface area contributed by atoms with Crippen molar-refractivity contribution in [2.24, 2.45) is 11.7 Å². The van der Waals surface area contributed by atoms with Crippen LogP contribution in [0.15, 0.2) is 0 Å². The molecule has 0 saturated carbocycles. The molecule has 3 heteroatoms. The van der Waals surface area contributed by atoms with Crippen LogP contribution in [0.5, 0.6) is 0 Å². The fourth-order valence-corrected chi connectivity index (χ4v) is 2.29. The van der Waals surface area contributed by atoms with E-state index in [1.807, 2.05) is 0 Å². The number of hydrogen-bond donors (Lipinski definition) is 1. The van der Waals surface area contributed by atoms with E-state index in [0.717, 1.165) is 25.4 Å². The molecule has 90 valence electrons. The van der Waals surface area contributed by atoms with Crippen LogP contribution in [0.4, 0.5) is 0 Å². The first-order valence-corrected chi connectivity index (χ1v) is 6.19. The molecule has 15 heavy (non-hydrogen) atoms. The van der Waals surface area contributed by atoms with Gasteiger partial charge in [-0.05, 0) is 26.4 Å². The number of piperazine rings is 1. The quantitative estimate of drug-likeness (QED) is 0.756. The highest BCUT2D eigenvalue weighted by Gasteiger charge is 2.27. The molecule has 0 spiro atoms. The van der Waals surface area contributed by atoms with E-state index in [1.54, 1.807) is 0 Å². The lowest BCUT2D eigenvalue weighted by Gasteiger charge is -2.41. The van der Waals surface area contributed by atoms with Crippen molar-refractivity contribution in [1.82, 2.24) is 9.80 Å². The second-order valence-corrected chi connectivity index (χ2v) is 5.22. The molecule has 1 aliphatic heterocycles. The molecule has 1 rings (SSSR count). The maximum atomic E-state index is 6.31. The van der Waals surface area contributed by atoms with Gasteiger partial charge in [-0.1, -0.05) is 20.3 Å². The van der Waals surface area contributed by atoms with Gasteiger partial charge in [-0.2, -0.15) is 0 Å². The molecule has 1 saturated heterocycles. The first-order valence-electron chi connectivity index (χ1n) is 6.19. The molecule has 2 N–H and O–H groups in total. The summed E-state index contributed by atoms with van der Waals surface area (Å²) in [4.78, 5) is 4.81. The second kappa shape index (κ2) is 5.83. The first kappa shape index (κ1) is 12.9. The minimum Gasteiger partial charge on any atom is -0.326 e. The summed E-state index contributed by atoms with van der Waals surface area (Å²) in [6.07, 6.45) is 2.39. The van der Waals surface area contributed by atoms with Crippen molar-refractivity contribution < 1.29 is 0 Å². The molecule has 0 aromatic heterocycles. The van der Waals surface area contributed by atoms with E-state index >= 15 is 0 Å². The highest BCUT2D eigenvalue weighted by Crippen LogP contribution is 2.16. The summed E-state index contributed by atoms with van der Waals surface area (Å²) in [5, 5.41) is 0. The fraction of sp³-hybridized carbons (Fsp3) is 1.00. The van der Waals surface area contributed by atoms with Crippen molar-refractivity contribution in [2.75, 3.05) is 33.7 Å². The van der Waals surface area contributed by atoms with Crippen LogP contribution in [0, 0.1) is 5.92 Å². The summed E-state index contributed by atoms with van der Waals surface area (Å²) in [5.74, 6) is 0.751. The van der Waals surface area contributed by atoms with E-state index in [-0.39, 0.29) is 0 Å². The molecule has 1 aliphatic rings. The molecule has 0 amide bonds. The number of hydrogen-bond acceptors (Lipinski definition) is 3. The molecule has 0 aromatic carbocycles. The van der Waals surface area contributed by atoms with Crippen molar-refractivity contribution in [3.05, 3.63) is 0 Å². The normalized spacial score (nSPS) is 29.0. The molecule has 1 heterocycles. The lowest BCUT2D eigenvalue weighted by molar-refractivity contribution is 0.0914. The average molecular weight is 213 g/mol. The Hall–Kier alpha value is -0.120. The Kier molecular flexibility index (Phi) is 5.03. The molecule has 3 atom stereocenters. The predicted molar refractivity (Wildman–Crippen MR) is 66.0 cm³/mol. The minimum atomic E-state index is 0.327. The summed E-state index contributed by atoms with van der Waals surface area (Å²) in [6, 6.07) is 0.866. The van der Waals surface area contributed by atoms with Gasteiger partial charge in [-0.3, -0.25) is 4.90 Å². The Morgan fingerprint density at radius 1 is 1.33 bits per heavy atom. The van der Waals surface area contributed by atoms with Gasteiger partial charge in [0.05, 0.1) is 0 Å². The van der Waals surface area contributed by atoms with Crippen molar-refractivity contribution in [2.45, 2.75) is 38.8 Å². The Bertz CT molecular complexity index is 184. The summed E-state index contributed by atoms with van der Waals surface area (Å²) in [6.45, 7) is 7.98. The van der Waals surface area contributed by atoms with E-state index in [9.17, 15) is 0 Å².